The fourth-order valence-electron chi connectivity index (χ4n) is 3.37. The molecule has 1 aliphatic rings. The molecule has 0 aliphatic carbocycles. The molecule has 0 saturated heterocycles. The van der Waals surface area contributed by atoms with Crippen molar-refractivity contribution in [2.24, 2.45) is 0 Å². The summed E-state index contributed by atoms with van der Waals surface area (Å²) in [6.07, 6.45) is -0.393. The molecule has 0 radical (unpaired) electrons. The molecule has 144 valence electrons. The van der Waals surface area contributed by atoms with E-state index < -0.39 is 23.1 Å². The number of rotatable bonds is 2. The van der Waals surface area contributed by atoms with Crippen LogP contribution in [0.15, 0.2) is 40.9 Å². The molecular formula is C20H20BrClFNO3. The van der Waals surface area contributed by atoms with Crippen molar-refractivity contribution in [2.45, 2.75) is 38.3 Å². The summed E-state index contributed by atoms with van der Waals surface area (Å²) < 4.78 is 20.3. The van der Waals surface area contributed by atoms with Crippen LogP contribution in [0, 0.1) is 5.82 Å². The predicted octanol–water partition coefficient (Wildman–Crippen LogP) is 5.43. The zero-order valence-corrected chi connectivity index (χ0v) is 17.6. The lowest BCUT2D eigenvalue weighted by Crippen LogP contribution is -2.51. The van der Waals surface area contributed by atoms with Gasteiger partial charge in [0.25, 0.3) is 0 Å². The van der Waals surface area contributed by atoms with Gasteiger partial charge in [0.1, 0.15) is 17.0 Å². The van der Waals surface area contributed by atoms with Crippen LogP contribution < -0.4 is 4.90 Å². The highest BCUT2D eigenvalue weighted by molar-refractivity contribution is 9.10. The molecule has 7 heteroatoms. The quantitative estimate of drug-likeness (QED) is 0.613. The van der Waals surface area contributed by atoms with E-state index in [0.717, 1.165) is 5.56 Å². The van der Waals surface area contributed by atoms with Gasteiger partial charge in [-0.2, -0.15) is 0 Å². The molecule has 1 atom stereocenters. The van der Waals surface area contributed by atoms with E-state index in [1.54, 1.807) is 20.8 Å². The van der Waals surface area contributed by atoms with E-state index >= 15 is 0 Å². The summed E-state index contributed by atoms with van der Waals surface area (Å²) in [5.74, 6) is -0.655. The first-order valence-electron chi connectivity index (χ1n) is 8.47. The van der Waals surface area contributed by atoms with E-state index in [4.69, 9.17) is 16.3 Å². The van der Waals surface area contributed by atoms with E-state index in [1.165, 1.54) is 11.0 Å². The molecule has 1 heterocycles. The second kappa shape index (κ2) is 7.08. The SMILES string of the molecule is CC(C)(C)OC(=O)N1c2cc(F)c(Cl)c(Br)c2C[C@@]1(CO)c1ccccc1. The van der Waals surface area contributed by atoms with Crippen LogP contribution in [-0.2, 0) is 16.7 Å². The third kappa shape index (κ3) is 3.46. The molecule has 0 fully saturated rings. The number of ether oxygens (including phenoxy) is 1. The van der Waals surface area contributed by atoms with Gasteiger partial charge in [-0.05, 0) is 53.9 Å². The Labute approximate surface area is 171 Å². The van der Waals surface area contributed by atoms with Crippen LogP contribution in [0.3, 0.4) is 0 Å². The average Bonchev–Trinajstić information content (AvgIpc) is 2.95. The van der Waals surface area contributed by atoms with Crippen LogP contribution in [0.25, 0.3) is 0 Å². The smallest absolute Gasteiger partial charge is 0.415 e. The molecule has 0 spiro atoms. The number of anilines is 1. The van der Waals surface area contributed by atoms with Crippen molar-refractivity contribution in [1.29, 1.82) is 0 Å². The van der Waals surface area contributed by atoms with E-state index in [9.17, 15) is 14.3 Å². The lowest BCUT2D eigenvalue weighted by Gasteiger charge is -2.38. The molecule has 3 rings (SSSR count). The molecule has 1 amide bonds. The number of hydrogen-bond acceptors (Lipinski definition) is 3. The molecule has 2 aromatic carbocycles. The predicted molar refractivity (Wildman–Crippen MR) is 107 cm³/mol. The second-order valence-corrected chi connectivity index (χ2v) is 8.70. The first kappa shape index (κ1) is 20.1. The van der Waals surface area contributed by atoms with Gasteiger partial charge in [0.05, 0.1) is 17.3 Å². The molecule has 2 aromatic rings. The lowest BCUT2D eigenvalue weighted by atomic mass is 9.87. The average molecular weight is 457 g/mol. The Bertz CT molecular complexity index is 885. The largest absolute Gasteiger partial charge is 0.443 e. The Hall–Kier alpha value is -1.63. The summed E-state index contributed by atoms with van der Waals surface area (Å²) in [6, 6.07) is 10.4. The fourth-order valence-corrected chi connectivity index (χ4v) is 4.07. The van der Waals surface area contributed by atoms with Gasteiger partial charge in [0.15, 0.2) is 0 Å². The van der Waals surface area contributed by atoms with Gasteiger partial charge in [0.2, 0.25) is 0 Å². The summed E-state index contributed by atoms with van der Waals surface area (Å²) in [5.41, 5.74) is -0.176. The van der Waals surface area contributed by atoms with E-state index in [1.807, 2.05) is 30.3 Å². The zero-order valence-electron chi connectivity index (χ0n) is 15.2. The molecule has 1 N–H and O–H groups in total. The van der Waals surface area contributed by atoms with Crippen LogP contribution in [0.1, 0.15) is 31.9 Å². The van der Waals surface area contributed by atoms with Crippen LogP contribution in [0.4, 0.5) is 14.9 Å². The number of halogens is 3. The van der Waals surface area contributed by atoms with Gasteiger partial charge in [-0.25, -0.2) is 9.18 Å². The van der Waals surface area contributed by atoms with Crippen molar-refractivity contribution in [3.05, 3.63) is 62.8 Å². The van der Waals surface area contributed by atoms with E-state index in [2.05, 4.69) is 15.9 Å². The first-order valence-corrected chi connectivity index (χ1v) is 9.64. The topological polar surface area (TPSA) is 49.8 Å². The highest BCUT2D eigenvalue weighted by Crippen LogP contribution is 2.50. The Morgan fingerprint density at radius 3 is 2.56 bits per heavy atom. The van der Waals surface area contributed by atoms with E-state index in [0.29, 0.717) is 15.7 Å². The molecule has 0 unspecified atom stereocenters. The normalized spacial score (nSPS) is 19.1. The van der Waals surface area contributed by atoms with Crippen LogP contribution in [-0.4, -0.2) is 23.4 Å². The minimum Gasteiger partial charge on any atom is -0.443 e. The summed E-state index contributed by atoms with van der Waals surface area (Å²) >= 11 is 9.40. The van der Waals surface area contributed by atoms with Gasteiger partial charge in [0, 0.05) is 10.9 Å². The number of fused-ring (bicyclic) bond motifs is 1. The Balaban J connectivity index is 2.24. The van der Waals surface area contributed by atoms with Gasteiger partial charge in [-0.3, -0.25) is 4.90 Å². The molecular weight excluding hydrogens is 437 g/mol. The second-order valence-electron chi connectivity index (χ2n) is 7.53. The lowest BCUT2D eigenvalue weighted by molar-refractivity contribution is 0.0506. The Morgan fingerprint density at radius 2 is 2.00 bits per heavy atom. The maximum absolute atomic E-state index is 14.4. The summed E-state index contributed by atoms with van der Waals surface area (Å²) in [4.78, 5) is 14.4. The number of nitrogens with zero attached hydrogens (tertiary/aromatic N) is 1. The van der Waals surface area contributed by atoms with Gasteiger partial charge < -0.3 is 9.84 Å². The third-order valence-corrected chi connectivity index (χ3v) is 6.00. The summed E-state index contributed by atoms with van der Waals surface area (Å²) in [7, 11) is 0. The number of aliphatic hydroxyl groups is 1. The number of hydrogen-bond donors (Lipinski definition) is 1. The van der Waals surface area contributed by atoms with Gasteiger partial charge in [-0.15, -0.1) is 0 Å². The fraction of sp³-hybridized carbons (Fsp3) is 0.350. The zero-order chi connectivity index (χ0) is 20.0. The van der Waals surface area contributed by atoms with Crippen molar-refractivity contribution in [3.63, 3.8) is 0 Å². The molecule has 1 aliphatic heterocycles. The number of amides is 1. The van der Waals surface area contributed by atoms with E-state index in [-0.39, 0.29) is 18.1 Å². The summed E-state index contributed by atoms with van der Waals surface area (Å²) in [6.45, 7) is 4.90. The van der Waals surface area contributed by atoms with Crippen molar-refractivity contribution < 1.29 is 19.0 Å². The monoisotopic (exact) mass is 455 g/mol. The number of carbonyl (C=O) groups excluding carboxylic acids is 1. The maximum atomic E-state index is 14.4. The highest BCUT2D eigenvalue weighted by Gasteiger charge is 2.50. The molecule has 4 nitrogen and oxygen atoms in total. The van der Waals surface area contributed by atoms with Crippen LogP contribution >= 0.6 is 27.5 Å². The van der Waals surface area contributed by atoms with Crippen molar-refractivity contribution in [2.75, 3.05) is 11.5 Å². The third-order valence-electron chi connectivity index (χ3n) is 4.53. The highest BCUT2D eigenvalue weighted by atomic mass is 79.9. The van der Waals surface area contributed by atoms with Crippen LogP contribution in [0.5, 0.6) is 0 Å². The van der Waals surface area contributed by atoms with Crippen molar-refractivity contribution in [3.8, 4) is 0 Å². The standard InChI is InChI=1S/C20H20BrClFNO3/c1-19(2,3)27-18(26)24-15-9-14(23)17(22)16(21)13(15)10-20(24,11-25)12-7-5-4-6-8-12/h4-9,25H,10-11H2,1-3H3/t20-/m1/s1. The Kier molecular flexibility index (Phi) is 5.27. The maximum Gasteiger partial charge on any atom is 0.415 e. The molecule has 0 bridgehead atoms. The van der Waals surface area contributed by atoms with Crippen LogP contribution in [0.2, 0.25) is 5.02 Å². The summed E-state index contributed by atoms with van der Waals surface area (Å²) in [5, 5.41) is 10.3. The minimum absolute atomic E-state index is 0.0558. The first-order chi connectivity index (χ1) is 12.6. The molecule has 27 heavy (non-hydrogen) atoms. The molecule has 0 saturated carbocycles. The van der Waals surface area contributed by atoms with Gasteiger partial charge in [-0.1, -0.05) is 41.9 Å². The van der Waals surface area contributed by atoms with Gasteiger partial charge >= 0.3 is 6.09 Å². The number of carbonyl (C=O) groups is 1. The Morgan fingerprint density at radius 1 is 1.37 bits per heavy atom. The van der Waals surface area contributed by atoms with Crippen molar-refractivity contribution in [1.82, 2.24) is 0 Å². The molecule has 0 aromatic heterocycles. The van der Waals surface area contributed by atoms with Crippen molar-refractivity contribution >= 4 is 39.3 Å². The number of benzene rings is 2. The minimum atomic E-state index is -1.12. The number of aliphatic hydroxyl groups excluding tert-OH is 1.